The van der Waals surface area contributed by atoms with Crippen LogP contribution in [-0.2, 0) is 33.5 Å². The summed E-state index contributed by atoms with van der Waals surface area (Å²) in [7, 11) is 3.40. The van der Waals surface area contributed by atoms with Crippen molar-refractivity contribution in [2.45, 2.75) is 39.0 Å². The van der Waals surface area contributed by atoms with Crippen molar-refractivity contribution in [1.29, 1.82) is 0 Å². The van der Waals surface area contributed by atoms with Gasteiger partial charge in [0.25, 0.3) is 0 Å². The van der Waals surface area contributed by atoms with Crippen LogP contribution in [0.2, 0.25) is 0 Å². The Morgan fingerprint density at radius 2 is 1.74 bits per heavy atom. The topological polar surface area (TPSA) is 157 Å². The Hall–Kier alpha value is -4.35. The number of hydrogen-bond donors (Lipinski definition) is 3. The molecular formula is C27H30N4O7. The van der Waals surface area contributed by atoms with Crippen molar-refractivity contribution in [2.24, 2.45) is 7.05 Å². The number of nitrogens with zero attached hydrogens (tertiary/aromatic N) is 4. The number of aliphatic carboxylic acids is 2. The average Bonchev–Trinajstić information content (AvgIpc) is 3.12. The van der Waals surface area contributed by atoms with Crippen molar-refractivity contribution in [3.63, 3.8) is 0 Å². The number of carbonyl (C=O) groups is 2. The van der Waals surface area contributed by atoms with Gasteiger partial charge in [0.1, 0.15) is 0 Å². The molecule has 0 fully saturated rings. The van der Waals surface area contributed by atoms with Crippen LogP contribution in [-0.4, -0.2) is 59.6 Å². The number of benzene rings is 1. The van der Waals surface area contributed by atoms with E-state index in [1.807, 2.05) is 31.2 Å². The molecule has 11 nitrogen and oxygen atoms in total. The molecule has 4 aromatic rings. The summed E-state index contributed by atoms with van der Waals surface area (Å²) in [5.74, 6) is -2.51. The van der Waals surface area contributed by atoms with Gasteiger partial charge in [-0.15, -0.1) is 0 Å². The van der Waals surface area contributed by atoms with Crippen molar-refractivity contribution in [1.82, 2.24) is 19.1 Å². The standard InChI is InChI=1S/C23H26N4O3.C4H4O4/c1-14(30-5)13-27-21-18-9-15(16-8-17(11-24-10-16)23(2,3)29)6-7-19(18)25-12-20(21)26(4)22(27)28;5-3(6)1-2-4(7)8/h6-12,14,29H,13H2,1-5H3;1-2H,(H,5,6)(H,7,8)/b;2-1+/t14-;/m0./s1. The summed E-state index contributed by atoms with van der Waals surface area (Å²) in [5.41, 5.74) is 3.91. The normalized spacial score (nSPS) is 12.5. The molecule has 0 spiro atoms. The predicted molar refractivity (Wildman–Crippen MR) is 142 cm³/mol. The molecule has 38 heavy (non-hydrogen) atoms. The first-order chi connectivity index (χ1) is 17.8. The highest BCUT2D eigenvalue weighted by Crippen LogP contribution is 2.30. The van der Waals surface area contributed by atoms with E-state index in [0.717, 1.165) is 38.6 Å². The molecule has 3 heterocycles. The van der Waals surface area contributed by atoms with Crippen LogP contribution in [0.5, 0.6) is 0 Å². The fourth-order valence-electron chi connectivity index (χ4n) is 3.83. The average molecular weight is 523 g/mol. The highest BCUT2D eigenvalue weighted by Gasteiger charge is 2.19. The molecule has 4 rings (SSSR count). The third-order valence-electron chi connectivity index (χ3n) is 5.96. The zero-order valence-electron chi connectivity index (χ0n) is 21.7. The zero-order chi connectivity index (χ0) is 28.2. The third kappa shape index (κ3) is 6.31. The predicted octanol–water partition coefficient (Wildman–Crippen LogP) is 2.92. The molecule has 3 aromatic heterocycles. The molecule has 1 aromatic carbocycles. The van der Waals surface area contributed by atoms with E-state index >= 15 is 0 Å². The molecule has 0 aliphatic rings. The summed E-state index contributed by atoms with van der Waals surface area (Å²) in [6, 6.07) is 7.90. The highest BCUT2D eigenvalue weighted by atomic mass is 16.5. The molecule has 0 saturated carbocycles. The van der Waals surface area contributed by atoms with E-state index in [1.165, 1.54) is 0 Å². The van der Waals surface area contributed by atoms with Crippen molar-refractivity contribution >= 4 is 33.9 Å². The summed E-state index contributed by atoms with van der Waals surface area (Å²) in [6.07, 6.45) is 6.20. The lowest BCUT2D eigenvalue weighted by Crippen LogP contribution is -2.27. The van der Waals surface area contributed by atoms with Crippen LogP contribution in [0.1, 0.15) is 26.3 Å². The molecule has 11 heteroatoms. The molecule has 0 unspecified atom stereocenters. The molecule has 0 radical (unpaired) electrons. The van der Waals surface area contributed by atoms with Crippen molar-refractivity contribution in [3.05, 3.63) is 71.1 Å². The Balaban J connectivity index is 0.000000436. The quantitative estimate of drug-likeness (QED) is 0.310. The Labute approximate surface area is 218 Å². The van der Waals surface area contributed by atoms with Crippen molar-refractivity contribution in [3.8, 4) is 11.1 Å². The maximum Gasteiger partial charge on any atom is 0.328 e. The van der Waals surface area contributed by atoms with Gasteiger partial charge in [-0.25, -0.2) is 14.4 Å². The first-order valence-electron chi connectivity index (χ1n) is 11.7. The van der Waals surface area contributed by atoms with E-state index in [9.17, 15) is 19.5 Å². The Bertz CT molecular complexity index is 1560. The monoisotopic (exact) mass is 522 g/mol. The van der Waals surface area contributed by atoms with Gasteiger partial charge in [0, 0.05) is 55.2 Å². The molecule has 3 N–H and O–H groups in total. The first-order valence-corrected chi connectivity index (χ1v) is 11.7. The van der Waals surface area contributed by atoms with Crippen LogP contribution >= 0.6 is 0 Å². The van der Waals surface area contributed by atoms with Crippen molar-refractivity contribution in [2.75, 3.05) is 7.11 Å². The number of pyridine rings is 2. The number of ether oxygens (including phenoxy) is 1. The van der Waals surface area contributed by atoms with E-state index < -0.39 is 17.5 Å². The second kappa shape index (κ2) is 11.4. The van der Waals surface area contributed by atoms with E-state index in [0.29, 0.717) is 18.7 Å². The molecule has 0 aliphatic carbocycles. The van der Waals surface area contributed by atoms with Gasteiger partial charge in [0.05, 0.1) is 41.0 Å². The van der Waals surface area contributed by atoms with Gasteiger partial charge in [0.2, 0.25) is 0 Å². The maximum atomic E-state index is 12.9. The van der Waals surface area contributed by atoms with E-state index in [4.69, 9.17) is 14.9 Å². The molecule has 200 valence electrons. The van der Waals surface area contributed by atoms with Gasteiger partial charge >= 0.3 is 17.6 Å². The molecule has 0 bridgehead atoms. The first kappa shape index (κ1) is 28.2. The fourth-order valence-corrected chi connectivity index (χ4v) is 3.83. The van der Waals surface area contributed by atoms with E-state index in [2.05, 4.69) is 9.97 Å². The van der Waals surface area contributed by atoms with Crippen LogP contribution in [0, 0.1) is 0 Å². The summed E-state index contributed by atoms with van der Waals surface area (Å²) >= 11 is 0. The second-order valence-corrected chi connectivity index (χ2v) is 9.25. The van der Waals surface area contributed by atoms with Gasteiger partial charge in [-0.2, -0.15) is 0 Å². The van der Waals surface area contributed by atoms with E-state index in [1.54, 1.807) is 55.7 Å². The number of hydrogen-bond acceptors (Lipinski definition) is 7. The van der Waals surface area contributed by atoms with Crippen LogP contribution < -0.4 is 5.69 Å². The molecular weight excluding hydrogens is 492 g/mol. The highest BCUT2D eigenvalue weighted by molar-refractivity contribution is 6.04. The smallest absolute Gasteiger partial charge is 0.328 e. The molecule has 0 saturated heterocycles. The van der Waals surface area contributed by atoms with Crippen molar-refractivity contribution < 1.29 is 29.6 Å². The van der Waals surface area contributed by atoms with Gasteiger partial charge in [-0.3, -0.25) is 19.1 Å². The minimum atomic E-state index is -1.26. The minimum absolute atomic E-state index is 0.0979. The number of methoxy groups -OCH3 is 1. The number of aromatic nitrogens is 4. The summed E-state index contributed by atoms with van der Waals surface area (Å²) in [6.45, 7) is 5.86. The minimum Gasteiger partial charge on any atom is -0.478 e. The number of fused-ring (bicyclic) bond motifs is 3. The maximum absolute atomic E-state index is 12.9. The van der Waals surface area contributed by atoms with Crippen LogP contribution in [0.25, 0.3) is 33.1 Å². The number of imidazole rings is 1. The summed E-state index contributed by atoms with van der Waals surface area (Å²) < 4.78 is 8.77. The molecule has 1 atom stereocenters. The lowest BCUT2D eigenvalue weighted by molar-refractivity contribution is -0.134. The molecule has 0 amide bonds. The second-order valence-electron chi connectivity index (χ2n) is 9.25. The number of aliphatic hydroxyl groups is 1. The lowest BCUT2D eigenvalue weighted by atomic mass is 9.96. The zero-order valence-corrected chi connectivity index (χ0v) is 21.7. The van der Waals surface area contributed by atoms with Crippen LogP contribution in [0.15, 0.2) is 59.8 Å². The number of carboxylic acid groups (broad SMARTS) is 2. The Morgan fingerprint density at radius 1 is 1.08 bits per heavy atom. The number of carboxylic acids is 2. The van der Waals surface area contributed by atoms with Crippen LogP contribution in [0.3, 0.4) is 0 Å². The molecule has 0 aliphatic heterocycles. The van der Waals surface area contributed by atoms with E-state index in [-0.39, 0.29) is 11.8 Å². The number of rotatable bonds is 7. The SMILES string of the molecule is CO[C@@H](C)Cn1c(=O)n(C)c2cnc3ccc(-c4cncc(C(C)(C)O)c4)cc3c21.O=C(O)/C=C/C(=O)O. The lowest BCUT2D eigenvalue weighted by Gasteiger charge is -2.18. The van der Waals surface area contributed by atoms with Gasteiger partial charge in [0.15, 0.2) is 0 Å². The third-order valence-corrected chi connectivity index (χ3v) is 5.96. The number of aryl methyl sites for hydroxylation is 1. The fraction of sp³-hybridized carbons (Fsp3) is 0.296. The summed E-state index contributed by atoms with van der Waals surface area (Å²) in [4.78, 5) is 40.9. The Morgan fingerprint density at radius 3 is 2.32 bits per heavy atom. The largest absolute Gasteiger partial charge is 0.478 e. The van der Waals surface area contributed by atoms with Gasteiger partial charge < -0.3 is 20.1 Å². The van der Waals surface area contributed by atoms with Crippen LogP contribution in [0.4, 0.5) is 0 Å². The van der Waals surface area contributed by atoms with Gasteiger partial charge in [-0.1, -0.05) is 6.07 Å². The van der Waals surface area contributed by atoms with Gasteiger partial charge in [-0.05, 0) is 44.5 Å². The summed E-state index contributed by atoms with van der Waals surface area (Å²) in [5, 5.41) is 26.9. The Kier molecular flexibility index (Phi) is 8.44.